The van der Waals surface area contributed by atoms with E-state index in [1.807, 2.05) is 30.3 Å². The molecule has 0 bridgehead atoms. The number of pyridine rings is 1. The summed E-state index contributed by atoms with van der Waals surface area (Å²) in [6, 6.07) is 11.1. The maximum atomic E-state index is 12.5. The number of carbonyl (C=O) groups is 3. The second-order valence-electron chi connectivity index (χ2n) is 5.28. The average molecular weight is 313 g/mol. The summed E-state index contributed by atoms with van der Waals surface area (Å²) in [6.07, 6.45) is 0. The van der Waals surface area contributed by atoms with Gasteiger partial charge in [0, 0.05) is 31.6 Å². The van der Waals surface area contributed by atoms with Crippen LogP contribution in [-0.2, 0) is 9.59 Å². The predicted molar refractivity (Wildman–Crippen MR) is 81.9 cm³/mol. The second kappa shape index (κ2) is 6.04. The van der Waals surface area contributed by atoms with Crippen LogP contribution in [0.25, 0.3) is 10.9 Å². The summed E-state index contributed by atoms with van der Waals surface area (Å²) in [4.78, 5) is 41.8. The van der Waals surface area contributed by atoms with Crippen LogP contribution < -0.4 is 0 Å². The van der Waals surface area contributed by atoms with Crippen LogP contribution in [0.4, 0.5) is 0 Å². The minimum atomic E-state index is -1.47. The van der Waals surface area contributed by atoms with Crippen LogP contribution in [-0.4, -0.2) is 63.9 Å². The number of carboxylic acids is 1. The Kier molecular flexibility index (Phi) is 3.92. The number of nitrogens with zero attached hydrogens (tertiary/aromatic N) is 3. The number of rotatable bonds is 1. The highest BCUT2D eigenvalue weighted by Crippen LogP contribution is 2.14. The Morgan fingerprint density at radius 1 is 0.913 bits per heavy atom. The molecule has 0 saturated carbocycles. The van der Waals surface area contributed by atoms with Gasteiger partial charge in [-0.3, -0.25) is 9.59 Å². The Morgan fingerprint density at radius 2 is 1.57 bits per heavy atom. The van der Waals surface area contributed by atoms with Crippen molar-refractivity contribution in [2.45, 2.75) is 0 Å². The third kappa shape index (κ3) is 2.98. The number of piperazine rings is 1. The highest BCUT2D eigenvalue weighted by atomic mass is 16.4. The summed E-state index contributed by atoms with van der Waals surface area (Å²) >= 11 is 0. The fraction of sp³-hybridized carbons (Fsp3) is 0.250. The van der Waals surface area contributed by atoms with Crippen molar-refractivity contribution in [3.8, 4) is 0 Å². The summed E-state index contributed by atoms with van der Waals surface area (Å²) in [5.41, 5.74) is 1.10. The van der Waals surface area contributed by atoms with E-state index in [0.717, 1.165) is 10.9 Å². The highest BCUT2D eigenvalue weighted by molar-refractivity contribution is 6.31. The molecule has 2 aromatic rings. The van der Waals surface area contributed by atoms with Crippen molar-refractivity contribution in [1.29, 1.82) is 0 Å². The van der Waals surface area contributed by atoms with E-state index >= 15 is 0 Å². The van der Waals surface area contributed by atoms with Gasteiger partial charge < -0.3 is 14.9 Å². The lowest BCUT2D eigenvalue weighted by molar-refractivity contribution is -0.156. The zero-order valence-electron chi connectivity index (χ0n) is 12.3. The van der Waals surface area contributed by atoms with Gasteiger partial charge in [-0.05, 0) is 12.1 Å². The van der Waals surface area contributed by atoms with Crippen LogP contribution in [0.2, 0.25) is 0 Å². The highest BCUT2D eigenvalue weighted by Gasteiger charge is 2.28. The first-order chi connectivity index (χ1) is 11.1. The Bertz CT molecular complexity index is 782. The molecule has 1 N–H and O–H groups in total. The topological polar surface area (TPSA) is 90.8 Å². The third-order valence-electron chi connectivity index (χ3n) is 3.85. The summed E-state index contributed by atoms with van der Waals surface area (Å²) in [5.74, 6) is -2.61. The first kappa shape index (κ1) is 15.0. The van der Waals surface area contributed by atoms with E-state index in [2.05, 4.69) is 4.98 Å². The lowest BCUT2D eigenvalue weighted by Crippen LogP contribution is -2.52. The molecule has 118 valence electrons. The van der Waals surface area contributed by atoms with Gasteiger partial charge in [-0.25, -0.2) is 9.78 Å². The van der Waals surface area contributed by atoms with E-state index in [4.69, 9.17) is 5.11 Å². The molecule has 1 saturated heterocycles. The van der Waals surface area contributed by atoms with Crippen molar-refractivity contribution in [3.05, 3.63) is 42.1 Å². The largest absolute Gasteiger partial charge is 0.474 e. The first-order valence-corrected chi connectivity index (χ1v) is 7.23. The van der Waals surface area contributed by atoms with Crippen molar-refractivity contribution in [2.24, 2.45) is 0 Å². The second-order valence-corrected chi connectivity index (χ2v) is 5.28. The number of hydrogen-bond acceptors (Lipinski definition) is 4. The minimum absolute atomic E-state index is 0.210. The normalized spacial score (nSPS) is 14.8. The molecule has 0 radical (unpaired) electrons. The molecule has 2 amide bonds. The van der Waals surface area contributed by atoms with Crippen LogP contribution in [0.5, 0.6) is 0 Å². The van der Waals surface area contributed by atoms with Gasteiger partial charge in [-0.2, -0.15) is 0 Å². The van der Waals surface area contributed by atoms with E-state index in [1.54, 1.807) is 11.0 Å². The molecule has 7 heteroatoms. The predicted octanol–water partition coefficient (Wildman–Crippen LogP) is 0.604. The monoisotopic (exact) mass is 313 g/mol. The van der Waals surface area contributed by atoms with Crippen LogP contribution in [0, 0.1) is 0 Å². The van der Waals surface area contributed by atoms with Gasteiger partial charge in [0.05, 0.1) is 5.52 Å². The average Bonchev–Trinajstić information content (AvgIpc) is 2.60. The zero-order chi connectivity index (χ0) is 16.4. The molecule has 0 aliphatic carbocycles. The lowest BCUT2D eigenvalue weighted by Gasteiger charge is -2.33. The molecular formula is C16H15N3O4. The van der Waals surface area contributed by atoms with Crippen molar-refractivity contribution in [3.63, 3.8) is 0 Å². The fourth-order valence-electron chi connectivity index (χ4n) is 2.60. The van der Waals surface area contributed by atoms with E-state index in [-0.39, 0.29) is 19.0 Å². The molecule has 1 aromatic heterocycles. The Labute approximate surface area is 132 Å². The number of hydrogen-bond donors (Lipinski definition) is 1. The molecule has 0 spiro atoms. The van der Waals surface area contributed by atoms with Crippen molar-refractivity contribution >= 4 is 28.7 Å². The van der Waals surface area contributed by atoms with Crippen molar-refractivity contribution in [1.82, 2.24) is 14.8 Å². The molecule has 23 heavy (non-hydrogen) atoms. The van der Waals surface area contributed by atoms with Crippen molar-refractivity contribution in [2.75, 3.05) is 26.2 Å². The molecular weight excluding hydrogens is 298 g/mol. The molecule has 1 aliphatic heterocycles. The standard InChI is InChI=1S/C16H15N3O4/c20-14(13-6-5-11-3-1-2-4-12(11)17-13)18-7-9-19(10-8-18)15(21)16(22)23/h1-6H,7-10H2,(H,22,23). The first-order valence-electron chi connectivity index (χ1n) is 7.23. The Balaban J connectivity index is 1.71. The van der Waals surface area contributed by atoms with Gasteiger partial charge in [-0.15, -0.1) is 0 Å². The number of benzene rings is 1. The summed E-state index contributed by atoms with van der Waals surface area (Å²) in [5, 5.41) is 9.67. The molecule has 1 aliphatic rings. The number of carbonyl (C=O) groups excluding carboxylic acids is 2. The maximum absolute atomic E-state index is 12.5. The van der Waals surface area contributed by atoms with E-state index < -0.39 is 11.9 Å². The molecule has 0 unspecified atom stereocenters. The SMILES string of the molecule is O=C(O)C(=O)N1CCN(C(=O)c2ccc3ccccc3n2)CC1. The van der Waals surface area contributed by atoms with Crippen LogP contribution in [0.3, 0.4) is 0 Å². The smallest absolute Gasteiger partial charge is 0.394 e. The lowest BCUT2D eigenvalue weighted by atomic mass is 10.2. The third-order valence-corrected chi connectivity index (χ3v) is 3.85. The van der Waals surface area contributed by atoms with Gasteiger partial charge in [0.1, 0.15) is 5.69 Å². The van der Waals surface area contributed by atoms with Gasteiger partial charge in [-0.1, -0.05) is 24.3 Å². The summed E-state index contributed by atoms with van der Waals surface area (Å²) < 4.78 is 0. The zero-order valence-corrected chi connectivity index (χ0v) is 12.3. The van der Waals surface area contributed by atoms with Crippen molar-refractivity contribution < 1.29 is 19.5 Å². The van der Waals surface area contributed by atoms with Crippen LogP contribution in [0.15, 0.2) is 36.4 Å². The minimum Gasteiger partial charge on any atom is -0.474 e. The van der Waals surface area contributed by atoms with Gasteiger partial charge in [0.15, 0.2) is 0 Å². The quantitative estimate of drug-likeness (QED) is 0.779. The number of carboxylic acid groups (broad SMARTS) is 1. The Hall–Kier alpha value is -2.96. The molecule has 2 heterocycles. The molecule has 1 aromatic carbocycles. The number of aromatic nitrogens is 1. The van der Waals surface area contributed by atoms with E-state index in [0.29, 0.717) is 18.8 Å². The number of fused-ring (bicyclic) bond motifs is 1. The molecule has 3 rings (SSSR count). The van der Waals surface area contributed by atoms with E-state index in [9.17, 15) is 14.4 Å². The van der Waals surface area contributed by atoms with Crippen LogP contribution in [0.1, 0.15) is 10.5 Å². The maximum Gasteiger partial charge on any atom is 0.394 e. The molecule has 1 fully saturated rings. The summed E-state index contributed by atoms with van der Waals surface area (Å²) in [6.45, 7) is 1.02. The molecule has 0 atom stereocenters. The van der Waals surface area contributed by atoms with Gasteiger partial charge in [0.2, 0.25) is 0 Å². The number of amides is 2. The summed E-state index contributed by atoms with van der Waals surface area (Å²) in [7, 11) is 0. The number of aliphatic carboxylic acids is 1. The van der Waals surface area contributed by atoms with Gasteiger partial charge in [0.25, 0.3) is 5.91 Å². The number of para-hydroxylation sites is 1. The Morgan fingerprint density at radius 3 is 2.26 bits per heavy atom. The van der Waals surface area contributed by atoms with Gasteiger partial charge >= 0.3 is 11.9 Å². The fourth-order valence-corrected chi connectivity index (χ4v) is 2.60. The van der Waals surface area contributed by atoms with Crippen LogP contribution >= 0.6 is 0 Å². The van der Waals surface area contributed by atoms with E-state index in [1.165, 1.54) is 4.90 Å². The molecule has 7 nitrogen and oxygen atoms in total.